The van der Waals surface area contributed by atoms with Crippen LogP contribution in [-0.2, 0) is 5.75 Å². The highest BCUT2D eigenvalue weighted by Crippen LogP contribution is 2.36. The number of nitrogens with zero attached hydrogens (tertiary/aromatic N) is 3. The summed E-state index contributed by atoms with van der Waals surface area (Å²) < 4.78 is 14.2. The van der Waals surface area contributed by atoms with Crippen LogP contribution in [0.25, 0.3) is 21.5 Å². The molecule has 0 amide bonds. The van der Waals surface area contributed by atoms with Gasteiger partial charge in [0.2, 0.25) is 0 Å². The molecule has 0 spiro atoms. The van der Waals surface area contributed by atoms with Crippen LogP contribution in [0.1, 0.15) is 10.6 Å². The molecule has 7 heteroatoms. The molecule has 4 rings (SSSR count). The monoisotopic (exact) mass is 401 g/mol. The predicted octanol–water partition coefficient (Wildman–Crippen LogP) is 6.15. The summed E-state index contributed by atoms with van der Waals surface area (Å²) in [4.78, 5) is 4.64. The number of halogens is 2. The molecule has 130 valence electrons. The van der Waals surface area contributed by atoms with Crippen LogP contribution in [0.15, 0.2) is 53.6 Å². The number of thiazole rings is 1. The van der Waals surface area contributed by atoms with Gasteiger partial charge in [0.1, 0.15) is 22.1 Å². The number of thioether (sulfide) groups is 1. The predicted molar refractivity (Wildman–Crippen MR) is 106 cm³/mol. The van der Waals surface area contributed by atoms with Crippen molar-refractivity contribution in [2.45, 2.75) is 17.7 Å². The van der Waals surface area contributed by atoms with E-state index in [0.717, 1.165) is 47.8 Å². The van der Waals surface area contributed by atoms with E-state index in [1.165, 1.54) is 12.1 Å². The molecule has 0 saturated carbocycles. The summed E-state index contributed by atoms with van der Waals surface area (Å²) in [5, 5.41) is 11.2. The van der Waals surface area contributed by atoms with Gasteiger partial charge in [0.05, 0.1) is 9.71 Å². The summed E-state index contributed by atoms with van der Waals surface area (Å²) in [6, 6.07) is 14.1. The number of hydrogen-bond donors (Lipinski definition) is 0. The Morgan fingerprint density at radius 2 is 1.92 bits per heavy atom. The maximum Gasteiger partial charge on any atom is 0.146 e. The molecule has 2 aromatic heterocycles. The molecule has 0 N–H and O–H groups in total. The van der Waals surface area contributed by atoms with Crippen molar-refractivity contribution in [1.29, 1.82) is 0 Å². The SMILES string of the molecule is Cc1nc2c(SCc3cccc(Cl)c3)nnc(-c3ccc(F)cc3)c2s1. The lowest BCUT2D eigenvalue weighted by molar-refractivity contribution is 0.628. The topological polar surface area (TPSA) is 38.7 Å². The van der Waals surface area contributed by atoms with Crippen molar-refractivity contribution in [2.24, 2.45) is 0 Å². The van der Waals surface area contributed by atoms with Gasteiger partial charge in [-0.1, -0.05) is 35.5 Å². The fraction of sp³-hybridized carbons (Fsp3) is 0.105. The number of hydrogen-bond acceptors (Lipinski definition) is 5. The lowest BCUT2D eigenvalue weighted by Gasteiger charge is -2.05. The van der Waals surface area contributed by atoms with Crippen LogP contribution in [0, 0.1) is 12.7 Å². The lowest BCUT2D eigenvalue weighted by atomic mass is 10.1. The first-order valence-corrected chi connectivity index (χ1v) is 10.0. The highest BCUT2D eigenvalue weighted by molar-refractivity contribution is 7.98. The van der Waals surface area contributed by atoms with E-state index in [2.05, 4.69) is 15.2 Å². The quantitative estimate of drug-likeness (QED) is 0.384. The second kappa shape index (κ2) is 7.31. The van der Waals surface area contributed by atoms with Crippen LogP contribution in [0.2, 0.25) is 5.02 Å². The number of rotatable bonds is 4. The average molecular weight is 402 g/mol. The summed E-state index contributed by atoms with van der Waals surface area (Å²) in [6.45, 7) is 1.96. The fourth-order valence-corrected chi connectivity index (χ4v) is 4.66. The smallest absolute Gasteiger partial charge is 0.146 e. The molecule has 0 fully saturated rings. The van der Waals surface area contributed by atoms with Gasteiger partial charge in [-0.2, -0.15) is 0 Å². The molecule has 2 heterocycles. The Balaban J connectivity index is 1.71. The Bertz CT molecular complexity index is 1080. The van der Waals surface area contributed by atoms with Gasteiger partial charge < -0.3 is 0 Å². The molecule has 3 nitrogen and oxygen atoms in total. The van der Waals surface area contributed by atoms with E-state index in [1.54, 1.807) is 35.2 Å². The van der Waals surface area contributed by atoms with Crippen molar-refractivity contribution >= 4 is 44.9 Å². The van der Waals surface area contributed by atoms with E-state index in [9.17, 15) is 4.39 Å². The number of benzene rings is 2. The minimum atomic E-state index is -0.271. The Kier molecular flexibility index (Phi) is 4.89. The summed E-state index contributed by atoms with van der Waals surface area (Å²) in [7, 11) is 0. The highest BCUT2D eigenvalue weighted by Gasteiger charge is 2.16. The third-order valence-electron chi connectivity index (χ3n) is 3.77. The third kappa shape index (κ3) is 3.58. The number of aromatic nitrogens is 3. The van der Waals surface area contributed by atoms with Gasteiger partial charge in [0, 0.05) is 16.3 Å². The highest BCUT2D eigenvalue weighted by atomic mass is 35.5. The van der Waals surface area contributed by atoms with E-state index in [0.29, 0.717) is 0 Å². The second-order valence-corrected chi connectivity index (χ2v) is 8.29. The van der Waals surface area contributed by atoms with Gasteiger partial charge in [-0.25, -0.2) is 9.37 Å². The molecule has 0 aliphatic rings. The van der Waals surface area contributed by atoms with Crippen molar-refractivity contribution in [1.82, 2.24) is 15.2 Å². The molecule has 2 aromatic carbocycles. The summed E-state index contributed by atoms with van der Waals surface area (Å²) >= 11 is 9.21. The fourth-order valence-electron chi connectivity index (χ4n) is 2.59. The van der Waals surface area contributed by atoms with E-state index < -0.39 is 0 Å². The standard InChI is InChI=1S/C19H13ClFN3S2/c1-11-22-17-18(26-11)16(13-5-7-15(21)8-6-13)23-24-19(17)25-10-12-3-2-4-14(20)9-12/h2-9H,10H2,1H3. The van der Waals surface area contributed by atoms with Crippen LogP contribution in [0.4, 0.5) is 4.39 Å². The third-order valence-corrected chi connectivity index (χ3v) is 6.01. The molecular weight excluding hydrogens is 389 g/mol. The minimum absolute atomic E-state index is 0.271. The zero-order valence-corrected chi connectivity index (χ0v) is 16.1. The van der Waals surface area contributed by atoms with Crippen molar-refractivity contribution in [3.05, 3.63) is 69.9 Å². The molecule has 0 unspecified atom stereocenters. The minimum Gasteiger partial charge on any atom is -0.238 e. The van der Waals surface area contributed by atoms with E-state index in [1.807, 2.05) is 31.2 Å². The Hall–Kier alpha value is -2.02. The van der Waals surface area contributed by atoms with Gasteiger partial charge in [-0.15, -0.1) is 21.5 Å². The van der Waals surface area contributed by atoms with Crippen LogP contribution in [0.3, 0.4) is 0 Å². The Morgan fingerprint density at radius 1 is 1.12 bits per heavy atom. The number of aryl methyl sites for hydroxylation is 1. The van der Waals surface area contributed by atoms with Crippen molar-refractivity contribution in [3.63, 3.8) is 0 Å². The molecule has 0 bridgehead atoms. The lowest BCUT2D eigenvalue weighted by Crippen LogP contribution is -1.93. The molecular formula is C19H13ClFN3S2. The first kappa shape index (κ1) is 17.4. The average Bonchev–Trinajstić information content (AvgIpc) is 3.02. The first-order valence-electron chi connectivity index (χ1n) is 7.87. The van der Waals surface area contributed by atoms with Gasteiger partial charge >= 0.3 is 0 Å². The zero-order valence-electron chi connectivity index (χ0n) is 13.7. The molecule has 26 heavy (non-hydrogen) atoms. The Morgan fingerprint density at radius 3 is 2.69 bits per heavy atom. The molecule has 0 saturated heterocycles. The van der Waals surface area contributed by atoms with Crippen LogP contribution < -0.4 is 0 Å². The second-order valence-electron chi connectivity index (χ2n) is 5.69. The van der Waals surface area contributed by atoms with Gasteiger partial charge in [-0.3, -0.25) is 0 Å². The van der Waals surface area contributed by atoms with Gasteiger partial charge in [0.15, 0.2) is 0 Å². The van der Waals surface area contributed by atoms with Crippen LogP contribution in [-0.4, -0.2) is 15.2 Å². The van der Waals surface area contributed by atoms with E-state index >= 15 is 0 Å². The Labute approximate surface area is 163 Å². The van der Waals surface area contributed by atoms with Gasteiger partial charge in [0.25, 0.3) is 0 Å². The molecule has 0 aliphatic carbocycles. The van der Waals surface area contributed by atoms with E-state index in [4.69, 9.17) is 11.6 Å². The summed E-state index contributed by atoms with van der Waals surface area (Å²) in [6.07, 6.45) is 0. The normalized spacial score (nSPS) is 11.2. The molecule has 0 radical (unpaired) electrons. The molecule has 0 aliphatic heterocycles. The van der Waals surface area contributed by atoms with Crippen molar-refractivity contribution in [2.75, 3.05) is 0 Å². The maximum absolute atomic E-state index is 13.2. The van der Waals surface area contributed by atoms with E-state index in [-0.39, 0.29) is 5.82 Å². The summed E-state index contributed by atoms with van der Waals surface area (Å²) in [5.74, 6) is 0.462. The molecule has 0 atom stereocenters. The van der Waals surface area contributed by atoms with Crippen molar-refractivity contribution < 1.29 is 4.39 Å². The summed E-state index contributed by atoms with van der Waals surface area (Å²) in [5.41, 5.74) is 3.53. The largest absolute Gasteiger partial charge is 0.238 e. The van der Waals surface area contributed by atoms with Crippen LogP contribution in [0.5, 0.6) is 0 Å². The van der Waals surface area contributed by atoms with Crippen molar-refractivity contribution in [3.8, 4) is 11.3 Å². The van der Waals surface area contributed by atoms with Crippen LogP contribution >= 0.6 is 34.7 Å². The zero-order chi connectivity index (χ0) is 18.1. The molecule has 4 aromatic rings. The van der Waals surface area contributed by atoms with Gasteiger partial charge in [-0.05, 0) is 48.9 Å². The maximum atomic E-state index is 13.2. The number of fused-ring (bicyclic) bond motifs is 1. The first-order chi connectivity index (χ1) is 12.6.